The summed E-state index contributed by atoms with van der Waals surface area (Å²) in [6, 6.07) is 16.3. The summed E-state index contributed by atoms with van der Waals surface area (Å²) >= 11 is 0. The summed E-state index contributed by atoms with van der Waals surface area (Å²) in [6.45, 7) is 14.5. The van der Waals surface area contributed by atoms with Crippen LogP contribution in [0.2, 0.25) is 39.3 Å². The van der Waals surface area contributed by atoms with Gasteiger partial charge in [-0.05, 0) is 6.42 Å². The van der Waals surface area contributed by atoms with E-state index < -0.39 is 16.1 Å². The Bertz CT molecular complexity index is 599. The Morgan fingerprint density at radius 3 is 1.79 bits per heavy atom. The Balaban J connectivity index is -0.00000110. The molecule has 0 saturated carbocycles. The first kappa shape index (κ1) is 29.4. The van der Waals surface area contributed by atoms with Crippen LogP contribution >= 0.6 is 0 Å². The van der Waals surface area contributed by atoms with Crippen molar-refractivity contribution in [1.82, 2.24) is 0 Å². The standard InChI is InChI=1S/C18H27Si2.3ClH.Ti/c1-19(2,3)17-9-7-8-15(13-17)12-16-10-11-18(14-16)20(4,5)6;;;;/h7-11,13-14H,12H2,1-6H3;3*1H;/q-1;;;;+4/p-3. The quantitative estimate of drug-likeness (QED) is 0.322. The van der Waals surface area contributed by atoms with E-state index >= 15 is 0 Å². The summed E-state index contributed by atoms with van der Waals surface area (Å²) < 4.78 is 0. The van der Waals surface area contributed by atoms with E-state index in [1.165, 1.54) is 11.1 Å². The van der Waals surface area contributed by atoms with Gasteiger partial charge in [-0.15, -0.1) is 0 Å². The topological polar surface area (TPSA) is 0 Å². The average molecular weight is 454 g/mol. The normalized spacial score (nSPS) is 10.6. The summed E-state index contributed by atoms with van der Waals surface area (Å²) in [4.78, 5) is 0. The molecule has 0 aromatic heterocycles. The summed E-state index contributed by atoms with van der Waals surface area (Å²) in [6.07, 6.45) is 1.07. The van der Waals surface area contributed by atoms with E-state index in [1.54, 1.807) is 10.4 Å². The SMILES string of the molecule is C[Si](C)(C)c1cccc(C[c-]2ccc([Si](C)(C)C)c2)c1.[Cl-].[Cl-].[Cl-].[Ti+4]. The van der Waals surface area contributed by atoms with Crippen LogP contribution in [-0.2, 0) is 28.1 Å². The minimum atomic E-state index is -1.20. The Morgan fingerprint density at radius 2 is 1.33 bits per heavy atom. The third kappa shape index (κ3) is 8.31. The van der Waals surface area contributed by atoms with E-state index in [4.69, 9.17) is 0 Å². The summed E-state index contributed by atoms with van der Waals surface area (Å²) in [7, 11) is -2.36. The van der Waals surface area contributed by atoms with E-state index in [0.29, 0.717) is 0 Å². The molecule has 132 valence electrons. The van der Waals surface area contributed by atoms with Crippen molar-refractivity contribution in [2.24, 2.45) is 0 Å². The number of hydrogen-bond acceptors (Lipinski definition) is 0. The zero-order valence-corrected chi connectivity index (χ0v) is 21.2. The van der Waals surface area contributed by atoms with Gasteiger partial charge < -0.3 is 37.2 Å². The minimum Gasteiger partial charge on any atom is -1.00 e. The number of hydrogen-bond donors (Lipinski definition) is 0. The van der Waals surface area contributed by atoms with Gasteiger partial charge in [0.05, 0.1) is 8.07 Å². The van der Waals surface area contributed by atoms with Gasteiger partial charge in [0.15, 0.2) is 0 Å². The van der Waals surface area contributed by atoms with Gasteiger partial charge in [-0.3, -0.25) is 0 Å². The van der Waals surface area contributed by atoms with Crippen LogP contribution in [0.15, 0.2) is 42.5 Å². The predicted molar refractivity (Wildman–Crippen MR) is 97.2 cm³/mol. The second-order valence-electron chi connectivity index (χ2n) is 7.89. The molecule has 0 spiro atoms. The molecule has 0 aliphatic heterocycles. The maximum atomic E-state index is 2.42. The maximum absolute atomic E-state index is 2.42. The Labute approximate surface area is 183 Å². The van der Waals surface area contributed by atoms with Crippen molar-refractivity contribution in [1.29, 1.82) is 0 Å². The molecule has 0 amide bonds. The van der Waals surface area contributed by atoms with Crippen molar-refractivity contribution >= 4 is 26.5 Å². The average Bonchev–Trinajstić information content (AvgIpc) is 2.76. The van der Waals surface area contributed by atoms with E-state index in [2.05, 4.69) is 81.7 Å². The third-order valence-corrected chi connectivity index (χ3v) is 7.97. The van der Waals surface area contributed by atoms with Gasteiger partial charge in [-0.25, -0.2) is 11.3 Å². The van der Waals surface area contributed by atoms with Crippen molar-refractivity contribution in [2.45, 2.75) is 45.7 Å². The van der Waals surface area contributed by atoms with E-state index in [1.807, 2.05) is 0 Å². The molecular formula is C18H27Cl3Si2Ti. The first-order valence-electron chi connectivity index (χ1n) is 7.52. The fraction of sp³-hybridized carbons (Fsp3) is 0.389. The fourth-order valence-corrected chi connectivity index (χ4v) is 4.87. The van der Waals surface area contributed by atoms with Gasteiger partial charge in [0, 0.05) is 8.07 Å². The van der Waals surface area contributed by atoms with Crippen LogP contribution in [0.3, 0.4) is 0 Å². The molecule has 0 atom stereocenters. The third-order valence-electron chi connectivity index (χ3n) is 3.89. The van der Waals surface area contributed by atoms with Crippen LogP contribution in [0.5, 0.6) is 0 Å². The summed E-state index contributed by atoms with van der Waals surface area (Å²) in [5, 5.41) is 3.14. The molecule has 0 aliphatic carbocycles. The van der Waals surface area contributed by atoms with Gasteiger partial charge in [0.1, 0.15) is 0 Å². The molecule has 2 aromatic carbocycles. The van der Waals surface area contributed by atoms with Gasteiger partial charge in [0.2, 0.25) is 0 Å². The molecule has 0 aliphatic rings. The molecule has 0 fully saturated rings. The van der Waals surface area contributed by atoms with Gasteiger partial charge in [-0.1, -0.05) is 74.3 Å². The van der Waals surface area contributed by atoms with Crippen molar-refractivity contribution < 1.29 is 58.9 Å². The van der Waals surface area contributed by atoms with Crippen molar-refractivity contribution in [3.63, 3.8) is 0 Å². The Hall–Kier alpha value is 0.588. The molecule has 0 unspecified atom stereocenters. The molecule has 0 heterocycles. The maximum Gasteiger partial charge on any atom is 4.00 e. The van der Waals surface area contributed by atoms with Gasteiger partial charge >= 0.3 is 21.7 Å². The van der Waals surface area contributed by atoms with Crippen molar-refractivity contribution in [3.8, 4) is 0 Å². The largest absolute Gasteiger partial charge is 4.00 e. The number of rotatable bonds is 4. The smallest absolute Gasteiger partial charge is 1.00 e. The second kappa shape index (κ2) is 11.3. The zero-order valence-electron chi connectivity index (χ0n) is 15.4. The van der Waals surface area contributed by atoms with E-state index in [0.717, 1.165) is 6.42 Å². The Morgan fingerprint density at radius 1 is 0.792 bits per heavy atom. The summed E-state index contributed by atoms with van der Waals surface area (Å²) in [5.74, 6) is 0. The summed E-state index contributed by atoms with van der Waals surface area (Å²) in [5.41, 5.74) is 2.92. The van der Waals surface area contributed by atoms with Crippen LogP contribution in [0.25, 0.3) is 0 Å². The molecule has 2 aromatic rings. The molecule has 0 radical (unpaired) electrons. The first-order valence-corrected chi connectivity index (χ1v) is 14.5. The molecule has 0 N–H and O–H groups in total. The molecule has 2 rings (SSSR count). The zero-order chi connectivity index (χ0) is 15.0. The van der Waals surface area contributed by atoms with Crippen molar-refractivity contribution in [3.05, 3.63) is 53.6 Å². The fourth-order valence-electron chi connectivity index (χ4n) is 2.45. The van der Waals surface area contributed by atoms with Crippen LogP contribution < -0.4 is 47.6 Å². The minimum absolute atomic E-state index is 0. The number of halogens is 3. The molecule has 0 nitrogen and oxygen atoms in total. The molecular weight excluding hydrogens is 427 g/mol. The van der Waals surface area contributed by atoms with Crippen LogP contribution in [0.4, 0.5) is 0 Å². The predicted octanol–water partition coefficient (Wildman–Crippen LogP) is -4.90. The molecule has 24 heavy (non-hydrogen) atoms. The first-order chi connectivity index (χ1) is 9.16. The Kier molecular flexibility index (Phi) is 13.9. The van der Waals surface area contributed by atoms with Crippen LogP contribution in [-0.4, -0.2) is 16.1 Å². The second-order valence-corrected chi connectivity index (χ2v) is 18.0. The molecule has 0 saturated heterocycles. The van der Waals surface area contributed by atoms with Crippen molar-refractivity contribution in [2.75, 3.05) is 0 Å². The van der Waals surface area contributed by atoms with E-state index in [9.17, 15) is 0 Å². The van der Waals surface area contributed by atoms with Gasteiger partial charge in [-0.2, -0.15) is 17.7 Å². The van der Waals surface area contributed by atoms with Crippen LogP contribution in [0.1, 0.15) is 11.1 Å². The van der Waals surface area contributed by atoms with E-state index in [-0.39, 0.29) is 58.9 Å². The van der Waals surface area contributed by atoms with Gasteiger partial charge in [0.25, 0.3) is 0 Å². The molecule has 6 heteroatoms. The number of benzene rings is 1. The van der Waals surface area contributed by atoms with Crippen LogP contribution in [0, 0.1) is 0 Å². The monoisotopic (exact) mass is 452 g/mol. The molecule has 0 bridgehead atoms.